The third-order valence-electron chi connectivity index (χ3n) is 6.26. The molecule has 5 rings (SSSR count). The summed E-state index contributed by atoms with van der Waals surface area (Å²) in [7, 11) is 0. The van der Waals surface area contributed by atoms with E-state index in [2.05, 4.69) is 66.1 Å². The molecule has 4 aromatic rings. The first-order valence-electron chi connectivity index (χ1n) is 10.8. The number of phenols is 1. The van der Waals surface area contributed by atoms with E-state index in [0.717, 1.165) is 46.1 Å². The SMILES string of the molecule is CC1(C)CC(n2ccc3cc(-c4ccc(-c5cn[nH]c5)cc4O)cnc32)CC(C)(C)N1. The lowest BCUT2D eigenvalue weighted by molar-refractivity contribution is 0.134. The number of pyridine rings is 1. The van der Waals surface area contributed by atoms with Crippen molar-refractivity contribution in [3.05, 3.63) is 55.1 Å². The van der Waals surface area contributed by atoms with Gasteiger partial charge in [-0.1, -0.05) is 6.07 Å². The largest absolute Gasteiger partial charge is 0.507 e. The van der Waals surface area contributed by atoms with Crippen molar-refractivity contribution in [2.45, 2.75) is 57.7 Å². The van der Waals surface area contributed by atoms with Crippen LogP contribution in [-0.2, 0) is 0 Å². The summed E-state index contributed by atoms with van der Waals surface area (Å²) in [5.41, 5.74) is 4.70. The summed E-state index contributed by atoms with van der Waals surface area (Å²) in [6, 6.07) is 10.3. The van der Waals surface area contributed by atoms with Crippen LogP contribution < -0.4 is 5.32 Å². The molecule has 1 saturated heterocycles. The van der Waals surface area contributed by atoms with Gasteiger partial charge in [-0.05, 0) is 70.4 Å². The Morgan fingerprint density at radius 3 is 2.42 bits per heavy atom. The lowest BCUT2D eigenvalue weighted by atomic mass is 9.79. The predicted molar refractivity (Wildman–Crippen MR) is 124 cm³/mol. The van der Waals surface area contributed by atoms with Crippen molar-refractivity contribution in [2.75, 3.05) is 0 Å². The minimum absolute atomic E-state index is 0.0749. The quantitative estimate of drug-likeness (QED) is 0.425. The third-order valence-corrected chi connectivity index (χ3v) is 6.26. The van der Waals surface area contributed by atoms with Crippen LogP contribution in [0.3, 0.4) is 0 Å². The van der Waals surface area contributed by atoms with E-state index in [-0.39, 0.29) is 16.8 Å². The Hall–Kier alpha value is -3.12. The highest BCUT2D eigenvalue weighted by Crippen LogP contribution is 2.39. The maximum Gasteiger partial charge on any atom is 0.140 e. The average Bonchev–Trinajstić information content (AvgIpc) is 3.35. The minimum atomic E-state index is 0.0749. The summed E-state index contributed by atoms with van der Waals surface area (Å²) in [5.74, 6) is 0.237. The van der Waals surface area contributed by atoms with Crippen molar-refractivity contribution in [2.24, 2.45) is 0 Å². The summed E-state index contributed by atoms with van der Waals surface area (Å²) in [4.78, 5) is 4.82. The number of rotatable bonds is 3. The van der Waals surface area contributed by atoms with E-state index < -0.39 is 0 Å². The van der Waals surface area contributed by atoms with Crippen LogP contribution in [0.2, 0.25) is 0 Å². The van der Waals surface area contributed by atoms with Crippen LogP contribution >= 0.6 is 0 Å². The zero-order valence-corrected chi connectivity index (χ0v) is 18.5. The second-order valence-electron chi connectivity index (χ2n) is 10.0. The number of piperidine rings is 1. The van der Waals surface area contributed by atoms with Gasteiger partial charge in [0, 0.05) is 57.8 Å². The number of aromatic nitrogens is 4. The Morgan fingerprint density at radius 1 is 0.968 bits per heavy atom. The number of nitrogens with one attached hydrogen (secondary N) is 2. The van der Waals surface area contributed by atoms with E-state index in [1.54, 1.807) is 12.3 Å². The second-order valence-corrected chi connectivity index (χ2v) is 10.0. The van der Waals surface area contributed by atoms with Gasteiger partial charge in [0.15, 0.2) is 0 Å². The molecule has 31 heavy (non-hydrogen) atoms. The molecule has 1 aromatic carbocycles. The fourth-order valence-corrected chi connectivity index (χ4v) is 5.32. The number of aromatic hydroxyl groups is 1. The maximum absolute atomic E-state index is 10.7. The Kier molecular flexibility index (Phi) is 4.45. The van der Waals surface area contributed by atoms with Gasteiger partial charge in [0.1, 0.15) is 11.4 Å². The Balaban J connectivity index is 1.49. The van der Waals surface area contributed by atoms with E-state index in [1.807, 2.05) is 24.5 Å². The second kappa shape index (κ2) is 6.95. The van der Waals surface area contributed by atoms with E-state index in [4.69, 9.17) is 4.98 Å². The Bertz CT molecular complexity index is 1220. The smallest absolute Gasteiger partial charge is 0.140 e. The number of benzene rings is 1. The lowest BCUT2D eigenvalue weighted by Crippen LogP contribution is -2.57. The molecule has 6 nitrogen and oxygen atoms in total. The van der Waals surface area contributed by atoms with Crippen molar-refractivity contribution in [1.29, 1.82) is 0 Å². The first-order chi connectivity index (χ1) is 14.7. The van der Waals surface area contributed by atoms with E-state index in [9.17, 15) is 5.11 Å². The highest BCUT2D eigenvalue weighted by molar-refractivity contribution is 5.84. The van der Waals surface area contributed by atoms with Crippen molar-refractivity contribution in [3.63, 3.8) is 0 Å². The van der Waals surface area contributed by atoms with Crippen LogP contribution in [0, 0.1) is 0 Å². The van der Waals surface area contributed by atoms with Gasteiger partial charge in [-0.2, -0.15) is 5.10 Å². The fourth-order valence-electron chi connectivity index (χ4n) is 5.32. The molecule has 1 fully saturated rings. The van der Waals surface area contributed by atoms with Crippen molar-refractivity contribution >= 4 is 11.0 Å². The Labute approximate surface area is 182 Å². The zero-order chi connectivity index (χ0) is 21.8. The fraction of sp³-hybridized carbons (Fsp3) is 0.360. The summed E-state index contributed by atoms with van der Waals surface area (Å²) < 4.78 is 2.32. The van der Waals surface area contributed by atoms with Gasteiger partial charge in [-0.25, -0.2) is 4.98 Å². The molecule has 3 aromatic heterocycles. The van der Waals surface area contributed by atoms with Crippen molar-refractivity contribution in [3.8, 4) is 28.0 Å². The molecule has 3 N–H and O–H groups in total. The van der Waals surface area contributed by atoms with Crippen molar-refractivity contribution < 1.29 is 5.11 Å². The number of hydrogen-bond acceptors (Lipinski definition) is 4. The van der Waals surface area contributed by atoms with Crippen LogP contribution in [0.1, 0.15) is 46.6 Å². The molecule has 0 bridgehead atoms. The van der Waals surface area contributed by atoms with Gasteiger partial charge in [0.25, 0.3) is 0 Å². The standard InChI is InChI=1S/C25H29N5O/c1-24(2)11-20(12-25(3,4)29-24)30-8-7-17-9-18(13-26-23(17)30)21-6-5-16(10-22(21)31)19-14-27-28-15-19/h5-10,13-15,20,29,31H,11-12H2,1-4H3,(H,27,28). The van der Waals surface area contributed by atoms with Crippen LogP contribution in [0.25, 0.3) is 33.3 Å². The number of fused-ring (bicyclic) bond motifs is 1. The molecule has 4 heterocycles. The van der Waals surface area contributed by atoms with Gasteiger partial charge in [0.2, 0.25) is 0 Å². The Morgan fingerprint density at radius 2 is 1.74 bits per heavy atom. The van der Waals surface area contributed by atoms with Crippen LogP contribution in [0.4, 0.5) is 0 Å². The predicted octanol–water partition coefficient (Wildman–Crippen LogP) is 5.28. The van der Waals surface area contributed by atoms with E-state index in [0.29, 0.717) is 6.04 Å². The van der Waals surface area contributed by atoms with Gasteiger partial charge in [-0.15, -0.1) is 0 Å². The van der Waals surface area contributed by atoms with Gasteiger partial charge >= 0.3 is 0 Å². The molecule has 0 atom stereocenters. The summed E-state index contributed by atoms with van der Waals surface area (Å²) >= 11 is 0. The van der Waals surface area contributed by atoms with E-state index >= 15 is 0 Å². The van der Waals surface area contributed by atoms with Crippen LogP contribution in [0.15, 0.2) is 55.1 Å². The van der Waals surface area contributed by atoms with Crippen molar-refractivity contribution in [1.82, 2.24) is 25.1 Å². The normalized spacial score (nSPS) is 18.5. The summed E-state index contributed by atoms with van der Waals surface area (Å²) in [5, 5.41) is 22.3. The minimum Gasteiger partial charge on any atom is -0.507 e. The number of phenolic OH excluding ortho intramolecular Hbond substituents is 1. The molecule has 6 heteroatoms. The topological polar surface area (TPSA) is 78.8 Å². The molecule has 0 unspecified atom stereocenters. The summed E-state index contributed by atoms with van der Waals surface area (Å²) in [6.07, 6.45) is 9.69. The zero-order valence-electron chi connectivity index (χ0n) is 18.5. The van der Waals surface area contributed by atoms with Gasteiger partial charge < -0.3 is 15.0 Å². The molecule has 0 radical (unpaired) electrons. The number of H-pyrrole nitrogens is 1. The molecular weight excluding hydrogens is 386 g/mol. The molecule has 0 spiro atoms. The highest BCUT2D eigenvalue weighted by atomic mass is 16.3. The van der Waals surface area contributed by atoms with Crippen LogP contribution in [0.5, 0.6) is 5.75 Å². The maximum atomic E-state index is 10.7. The van der Waals surface area contributed by atoms with Gasteiger partial charge in [-0.3, -0.25) is 5.10 Å². The molecule has 0 amide bonds. The third kappa shape index (κ3) is 3.72. The molecule has 0 saturated carbocycles. The summed E-state index contributed by atoms with van der Waals surface area (Å²) in [6.45, 7) is 9.09. The highest BCUT2D eigenvalue weighted by Gasteiger charge is 2.38. The number of nitrogens with zero attached hydrogens (tertiary/aromatic N) is 3. The molecule has 1 aliphatic heterocycles. The van der Waals surface area contributed by atoms with Crippen LogP contribution in [-0.4, -0.2) is 35.9 Å². The average molecular weight is 416 g/mol. The molecule has 1 aliphatic rings. The van der Waals surface area contributed by atoms with E-state index in [1.165, 1.54) is 0 Å². The monoisotopic (exact) mass is 415 g/mol. The number of hydrogen-bond donors (Lipinski definition) is 3. The first-order valence-corrected chi connectivity index (χ1v) is 10.8. The molecular formula is C25H29N5O. The number of aromatic amines is 1. The lowest BCUT2D eigenvalue weighted by Gasteiger charge is -2.47. The molecule has 160 valence electrons. The van der Waals surface area contributed by atoms with Gasteiger partial charge in [0.05, 0.1) is 6.20 Å². The first kappa shape index (κ1) is 19.8. The molecule has 0 aliphatic carbocycles.